The third kappa shape index (κ3) is 4.02. The van der Waals surface area contributed by atoms with Crippen LogP contribution in [0.3, 0.4) is 0 Å². The number of aliphatic imine (C=N–C) groups is 1. The maximum atomic E-state index is 14.4. The van der Waals surface area contributed by atoms with Crippen molar-refractivity contribution in [2.45, 2.75) is 38.6 Å². The molecule has 1 saturated carbocycles. The van der Waals surface area contributed by atoms with E-state index in [1.807, 2.05) is 13.0 Å². The molecule has 1 aromatic heterocycles. The zero-order valence-electron chi connectivity index (χ0n) is 14.3. The maximum Gasteiger partial charge on any atom is 0.251 e. The lowest BCUT2D eigenvalue weighted by Gasteiger charge is -2.10. The zero-order valence-corrected chi connectivity index (χ0v) is 14.3. The Bertz CT molecular complexity index is 897. The summed E-state index contributed by atoms with van der Waals surface area (Å²) in [4.78, 5) is 22.8. The first-order valence-electron chi connectivity index (χ1n) is 8.30. The number of aromatic amines is 1. The molecule has 3 N–H and O–H groups in total. The number of nitrogens with zero attached hydrogens (tertiary/aromatic N) is 2. The van der Waals surface area contributed by atoms with Gasteiger partial charge < -0.3 is 10.7 Å². The van der Waals surface area contributed by atoms with Crippen molar-refractivity contribution in [1.82, 2.24) is 9.97 Å². The van der Waals surface area contributed by atoms with Crippen LogP contribution in [-0.4, -0.2) is 16.2 Å². The molecule has 0 radical (unpaired) electrons. The number of aromatic nitrogens is 2. The third-order valence-corrected chi connectivity index (χ3v) is 4.30. The second-order valence-electron chi connectivity index (χ2n) is 6.35. The molecule has 1 fully saturated rings. The van der Waals surface area contributed by atoms with E-state index in [2.05, 4.69) is 15.0 Å². The summed E-state index contributed by atoms with van der Waals surface area (Å²) in [5, 5.41) is 0. The highest BCUT2D eigenvalue weighted by Gasteiger charge is 2.24. The maximum absolute atomic E-state index is 14.4. The van der Waals surface area contributed by atoms with Crippen LogP contribution < -0.4 is 11.3 Å². The molecule has 130 valence electrons. The Morgan fingerprint density at radius 1 is 1.44 bits per heavy atom. The predicted octanol–water partition coefficient (Wildman–Crippen LogP) is 3.23. The second kappa shape index (κ2) is 7.01. The quantitative estimate of drug-likeness (QED) is 0.820. The first-order valence-corrected chi connectivity index (χ1v) is 8.30. The standard InChI is InChI=1S/C19H21FN4O/c1-11(16-6-5-14(7-17(16)20)13-3-4-13)22-10-15(9-21)18-8-19(25)24-12(2)23-18/h5-11,13H,3-4,21H2,1-2H3,(H,23,24,25). The number of hydrogen-bond donors (Lipinski definition) is 2. The average Bonchev–Trinajstić information content (AvgIpc) is 3.39. The first kappa shape index (κ1) is 17.1. The highest BCUT2D eigenvalue weighted by atomic mass is 19.1. The lowest BCUT2D eigenvalue weighted by Crippen LogP contribution is -2.11. The fourth-order valence-electron chi connectivity index (χ4n) is 2.75. The largest absolute Gasteiger partial charge is 0.404 e. The van der Waals surface area contributed by atoms with Crippen LogP contribution >= 0.6 is 0 Å². The van der Waals surface area contributed by atoms with Crippen LogP contribution in [0.25, 0.3) is 5.57 Å². The third-order valence-electron chi connectivity index (χ3n) is 4.30. The minimum atomic E-state index is -0.369. The van der Waals surface area contributed by atoms with Gasteiger partial charge in [0.2, 0.25) is 0 Å². The van der Waals surface area contributed by atoms with Crippen LogP contribution in [0.15, 0.2) is 40.3 Å². The van der Waals surface area contributed by atoms with E-state index in [0.29, 0.717) is 28.6 Å². The summed E-state index contributed by atoms with van der Waals surface area (Å²) in [5.74, 6) is 0.766. The molecule has 6 heteroatoms. The van der Waals surface area contributed by atoms with Gasteiger partial charge in [0.05, 0.1) is 11.7 Å². The van der Waals surface area contributed by atoms with Gasteiger partial charge in [-0.2, -0.15) is 0 Å². The number of H-pyrrole nitrogens is 1. The zero-order chi connectivity index (χ0) is 18.0. The molecule has 1 aliphatic rings. The highest BCUT2D eigenvalue weighted by Crippen LogP contribution is 2.40. The predicted molar refractivity (Wildman–Crippen MR) is 97.0 cm³/mol. The van der Waals surface area contributed by atoms with Crippen molar-refractivity contribution in [3.05, 3.63) is 69.3 Å². The summed E-state index contributed by atoms with van der Waals surface area (Å²) >= 11 is 0. The lowest BCUT2D eigenvalue weighted by molar-refractivity contribution is 0.592. The van der Waals surface area contributed by atoms with Crippen LogP contribution in [0.4, 0.5) is 4.39 Å². The van der Waals surface area contributed by atoms with Gasteiger partial charge in [-0.1, -0.05) is 12.1 Å². The summed E-state index contributed by atoms with van der Waals surface area (Å²) in [7, 11) is 0. The van der Waals surface area contributed by atoms with Crippen molar-refractivity contribution in [1.29, 1.82) is 0 Å². The Hall–Kier alpha value is -2.76. The minimum absolute atomic E-state index is 0.238. The van der Waals surface area contributed by atoms with Gasteiger partial charge in [0.25, 0.3) is 5.56 Å². The van der Waals surface area contributed by atoms with E-state index in [0.717, 1.165) is 18.4 Å². The van der Waals surface area contributed by atoms with Crippen molar-refractivity contribution in [3.8, 4) is 0 Å². The molecule has 1 aliphatic carbocycles. The topological polar surface area (TPSA) is 84.1 Å². The molecule has 1 heterocycles. The number of benzene rings is 1. The van der Waals surface area contributed by atoms with E-state index in [1.165, 1.54) is 18.5 Å². The Morgan fingerprint density at radius 2 is 2.20 bits per heavy atom. The molecule has 2 aromatic rings. The van der Waals surface area contributed by atoms with Crippen molar-refractivity contribution < 1.29 is 4.39 Å². The summed E-state index contributed by atoms with van der Waals surface area (Å²) < 4.78 is 14.4. The van der Waals surface area contributed by atoms with Crippen LogP contribution in [-0.2, 0) is 0 Å². The van der Waals surface area contributed by atoms with Gasteiger partial charge in [0.15, 0.2) is 0 Å². The van der Waals surface area contributed by atoms with E-state index >= 15 is 0 Å². The Balaban J connectivity index is 1.81. The van der Waals surface area contributed by atoms with Crippen LogP contribution in [0.5, 0.6) is 0 Å². The van der Waals surface area contributed by atoms with E-state index in [-0.39, 0.29) is 17.4 Å². The molecule has 1 aromatic carbocycles. The molecule has 1 atom stereocenters. The number of allylic oxidation sites excluding steroid dienone is 1. The Morgan fingerprint density at radius 3 is 2.80 bits per heavy atom. The molecule has 0 aliphatic heterocycles. The van der Waals surface area contributed by atoms with Crippen molar-refractivity contribution in [3.63, 3.8) is 0 Å². The highest BCUT2D eigenvalue weighted by molar-refractivity contribution is 6.08. The van der Waals surface area contributed by atoms with Gasteiger partial charge in [-0.25, -0.2) is 9.37 Å². The number of rotatable bonds is 5. The molecule has 3 rings (SSSR count). The molecular weight excluding hydrogens is 319 g/mol. The molecule has 25 heavy (non-hydrogen) atoms. The first-order chi connectivity index (χ1) is 12.0. The Labute approximate surface area is 145 Å². The van der Waals surface area contributed by atoms with Gasteiger partial charge in [-0.3, -0.25) is 9.79 Å². The molecule has 0 spiro atoms. The number of nitrogens with one attached hydrogen (secondary N) is 1. The van der Waals surface area contributed by atoms with E-state index in [1.54, 1.807) is 19.1 Å². The van der Waals surface area contributed by atoms with E-state index in [9.17, 15) is 9.18 Å². The van der Waals surface area contributed by atoms with Crippen molar-refractivity contribution in [2.24, 2.45) is 10.7 Å². The molecular formula is C19H21FN4O. The van der Waals surface area contributed by atoms with Crippen molar-refractivity contribution in [2.75, 3.05) is 0 Å². The lowest BCUT2D eigenvalue weighted by atomic mass is 10.0. The summed E-state index contributed by atoms with van der Waals surface area (Å²) in [6.07, 6.45) is 5.14. The van der Waals surface area contributed by atoms with Crippen molar-refractivity contribution >= 4 is 11.8 Å². The fourth-order valence-corrected chi connectivity index (χ4v) is 2.75. The molecule has 0 amide bonds. The molecule has 0 bridgehead atoms. The second-order valence-corrected chi connectivity index (χ2v) is 6.35. The van der Waals surface area contributed by atoms with Gasteiger partial charge in [-0.15, -0.1) is 0 Å². The van der Waals surface area contributed by atoms with Gasteiger partial charge in [0, 0.05) is 29.6 Å². The van der Waals surface area contributed by atoms with Gasteiger partial charge in [-0.05, 0) is 44.2 Å². The minimum Gasteiger partial charge on any atom is -0.404 e. The monoisotopic (exact) mass is 340 g/mol. The molecule has 0 saturated heterocycles. The van der Waals surface area contributed by atoms with Crippen LogP contribution in [0.1, 0.15) is 54.4 Å². The van der Waals surface area contributed by atoms with E-state index in [4.69, 9.17) is 5.73 Å². The number of aryl methyl sites for hydroxylation is 1. The Kier molecular flexibility index (Phi) is 4.79. The van der Waals surface area contributed by atoms with Gasteiger partial charge in [0.1, 0.15) is 11.6 Å². The summed E-state index contributed by atoms with van der Waals surface area (Å²) in [6.45, 7) is 3.51. The average molecular weight is 340 g/mol. The SMILES string of the molecule is Cc1nc(C(C=NC(C)c2ccc(C3CC3)cc2F)=CN)cc(=O)[nH]1. The normalized spacial score (nSPS) is 16.4. The van der Waals surface area contributed by atoms with Gasteiger partial charge >= 0.3 is 0 Å². The number of halogens is 1. The van der Waals surface area contributed by atoms with Crippen LogP contribution in [0.2, 0.25) is 0 Å². The fraction of sp³-hybridized carbons (Fsp3) is 0.316. The smallest absolute Gasteiger partial charge is 0.251 e. The van der Waals surface area contributed by atoms with E-state index < -0.39 is 0 Å². The van der Waals surface area contributed by atoms with Crippen LogP contribution in [0, 0.1) is 12.7 Å². The summed E-state index contributed by atoms with van der Waals surface area (Å²) in [5.41, 5.74) is 7.92. The number of hydrogen-bond acceptors (Lipinski definition) is 4. The summed E-state index contributed by atoms with van der Waals surface area (Å²) in [6, 6.07) is 6.37. The molecule has 5 nitrogen and oxygen atoms in total. The molecule has 1 unspecified atom stereocenters. The number of nitrogens with two attached hydrogens (primary N) is 1.